The van der Waals surface area contributed by atoms with Gasteiger partial charge < -0.3 is 10.3 Å². The fourth-order valence-corrected chi connectivity index (χ4v) is 1.65. The Morgan fingerprint density at radius 1 is 1.62 bits per heavy atom. The third-order valence-electron chi connectivity index (χ3n) is 2.08. The number of rotatable bonds is 4. The molecule has 0 aliphatic rings. The van der Waals surface area contributed by atoms with Gasteiger partial charge >= 0.3 is 0 Å². The first-order chi connectivity index (χ1) is 7.75. The Kier molecular flexibility index (Phi) is 3.40. The lowest BCUT2D eigenvalue weighted by atomic mass is 10.4. The molecule has 2 aromatic rings. The SMILES string of the molecule is O=C(NCCn1cccn1)c1cc(Br)c[nH]1. The molecule has 2 heterocycles. The Labute approximate surface area is 101 Å². The van der Waals surface area contributed by atoms with Gasteiger partial charge in [0, 0.05) is 29.6 Å². The minimum absolute atomic E-state index is 0.113. The predicted molar refractivity (Wildman–Crippen MR) is 63.1 cm³/mol. The van der Waals surface area contributed by atoms with Crippen LogP contribution in [0.1, 0.15) is 10.5 Å². The van der Waals surface area contributed by atoms with Crippen LogP contribution in [0, 0.1) is 0 Å². The van der Waals surface area contributed by atoms with E-state index >= 15 is 0 Å². The average Bonchev–Trinajstić information content (AvgIpc) is 2.89. The maximum absolute atomic E-state index is 11.6. The molecule has 0 aliphatic heterocycles. The summed E-state index contributed by atoms with van der Waals surface area (Å²) in [6.45, 7) is 1.22. The van der Waals surface area contributed by atoms with Crippen molar-refractivity contribution >= 4 is 21.8 Å². The van der Waals surface area contributed by atoms with Crippen LogP contribution in [-0.4, -0.2) is 27.2 Å². The van der Waals surface area contributed by atoms with Gasteiger partial charge in [-0.25, -0.2) is 0 Å². The first-order valence-electron chi connectivity index (χ1n) is 4.85. The van der Waals surface area contributed by atoms with Crippen LogP contribution < -0.4 is 5.32 Å². The molecule has 0 aliphatic carbocycles. The molecule has 5 nitrogen and oxygen atoms in total. The third kappa shape index (κ3) is 2.73. The highest BCUT2D eigenvalue weighted by atomic mass is 79.9. The molecule has 2 N–H and O–H groups in total. The zero-order valence-corrected chi connectivity index (χ0v) is 10.1. The van der Waals surface area contributed by atoms with E-state index in [4.69, 9.17) is 0 Å². The topological polar surface area (TPSA) is 62.7 Å². The summed E-state index contributed by atoms with van der Waals surface area (Å²) in [5.74, 6) is -0.113. The Morgan fingerprint density at radius 3 is 3.12 bits per heavy atom. The van der Waals surface area contributed by atoms with Crippen molar-refractivity contribution in [1.29, 1.82) is 0 Å². The molecular formula is C10H11BrN4O. The molecule has 0 fully saturated rings. The van der Waals surface area contributed by atoms with Crippen molar-refractivity contribution in [3.05, 3.63) is 40.9 Å². The van der Waals surface area contributed by atoms with Gasteiger partial charge in [0.15, 0.2) is 0 Å². The van der Waals surface area contributed by atoms with Crippen LogP contribution in [0.5, 0.6) is 0 Å². The van der Waals surface area contributed by atoms with Crippen molar-refractivity contribution in [2.24, 2.45) is 0 Å². The normalized spacial score (nSPS) is 10.3. The number of aromatic nitrogens is 3. The summed E-state index contributed by atoms with van der Waals surface area (Å²) in [4.78, 5) is 14.5. The second-order valence-corrected chi connectivity index (χ2v) is 4.17. The number of aromatic amines is 1. The number of nitrogens with zero attached hydrogens (tertiary/aromatic N) is 2. The van der Waals surface area contributed by atoms with Crippen LogP contribution in [0.3, 0.4) is 0 Å². The van der Waals surface area contributed by atoms with Gasteiger partial charge in [0.2, 0.25) is 0 Å². The quantitative estimate of drug-likeness (QED) is 0.891. The number of halogens is 1. The number of H-pyrrole nitrogens is 1. The maximum Gasteiger partial charge on any atom is 0.267 e. The molecule has 1 amide bonds. The van der Waals surface area contributed by atoms with Crippen LogP contribution in [-0.2, 0) is 6.54 Å². The number of hydrogen-bond acceptors (Lipinski definition) is 2. The Bertz CT molecular complexity index is 463. The van der Waals surface area contributed by atoms with Crippen molar-refractivity contribution in [2.75, 3.05) is 6.54 Å². The molecule has 16 heavy (non-hydrogen) atoms. The summed E-state index contributed by atoms with van der Waals surface area (Å²) in [6, 6.07) is 3.59. The van der Waals surface area contributed by atoms with Gasteiger partial charge in [-0.1, -0.05) is 0 Å². The molecular weight excluding hydrogens is 272 g/mol. The summed E-state index contributed by atoms with van der Waals surface area (Å²) >= 11 is 3.27. The first kappa shape index (κ1) is 10.9. The summed E-state index contributed by atoms with van der Waals surface area (Å²) in [5, 5.41) is 6.84. The molecule has 0 atom stereocenters. The molecule has 0 saturated carbocycles. The first-order valence-corrected chi connectivity index (χ1v) is 5.64. The van der Waals surface area contributed by atoms with Gasteiger partial charge in [0.05, 0.1) is 6.54 Å². The van der Waals surface area contributed by atoms with Crippen LogP contribution in [0.2, 0.25) is 0 Å². The summed E-state index contributed by atoms with van der Waals surface area (Å²) in [6.07, 6.45) is 5.30. The van der Waals surface area contributed by atoms with Crippen LogP contribution in [0.25, 0.3) is 0 Å². The highest BCUT2D eigenvalue weighted by Crippen LogP contribution is 2.09. The lowest BCUT2D eigenvalue weighted by molar-refractivity contribution is 0.0947. The Balaban J connectivity index is 1.80. The van der Waals surface area contributed by atoms with E-state index < -0.39 is 0 Å². The molecule has 0 bridgehead atoms. The van der Waals surface area contributed by atoms with Gasteiger partial charge in [-0.05, 0) is 28.1 Å². The van der Waals surface area contributed by atoms with Crippen LogP contribution >= 0.6 is 15.9 Å². The summed E-state index contributed by atoms with van der Waals surface area (Å²) in [7, 11) is 0. The summed E-state index contributed by atoms with van der Waals surface area (Å²) in [5.41, 5.74) is 0.548. The Morgan fingerprint density at radius 2 is 2.50 bits per heavy atom. The van der Waals surface area contributed by atoms with Crippen molar-refractivity contribution in [1.82, 2.24) is 20.1 Å². The molecule has 84 valence electrons. The van der Waals surface area contributed by atoms with Crippen molar-refractivity contribution < 1.29 is 4.79 Å². The van der Waals surface area contributed by atoms with Gasteiger partial charge in [-0.2, -0.15) is 5.10 Å². The zero-order chi connectivity index (χ0) is 11.4. The largest absolute Gasteiger partial charge is 0.356 e. The second kappa shape index (κ2) is 4.98. The van der Waals surface area contributed by atoms with E-state index in [-0.39, 0.29) is 5.91 Å². The van der Waals surface area contributed by atoms with Crippen molar-refractivity contribution in [3.8, 4) is 0 Å². The number of carbonyl (C=O) groups excluding carboxylic acids is 1. The smallest absolute Gasteiger partial charge is 0.267 e. The standard InChI is InChI=1S/C10H11BrN4O/c11-8-6-9(13-7-8)10(16)12-3-5-15-4-1-2-14-15/h1-2,4,6-7,13H,3,5H2,(H,12,16). The molecule has 0 aromatic carbocycles. The maximum atomic E-state index is 11.6. The minimum Gasteiger partial charge on any atom is -0.356 e. The number of carbonyl (C=O) groups is 1. The Hall–Kier alpha value is -1.56. The highest BCUT2D eigenvalue weighted by molar-refractivity contribution is 9.10. The van der Waals surface area contributed by atoms with E-state index in [9.17, 15) is 4.79 Å². The third-order valence-corrected chi connectivity index (χ3v) is 2.54. The van der Waals surface area contributed by atoms with E-state index in [1.807, 2.05) is 12.3 Å². The van der Waals surface area contributed by atoms with Crippen molar-refractivity contribution in [3.63, 3.8) is 0 Å². The number of nitrogens with one attached hydrogen (secondary N) is 2. The van der Waals surface area contributed by atoms with Gasteiger partial charge in [-0.15, -0.1) is 0 Å². The molecule has 0 spiro atoms. The van der Waals surface area contributed by atoms with Gasteiger partial charge in [0.1, 0.15) is 5.69 Å². The van der Waals surface area contributed by atoms with Gasteiger partial charge in [-0.3, -0.25) is 9.48 Å². The van der Waals surface area contributed by atoms with E-state index in [0.29, 0.717) is 18.8 Å². The molecule has 0 saturated heterocycles. The molecule has 0 unspecified atom stereocenters. The van der Waals surface area contributed by atoms with Crippen molar-refractivity contribution in [2.45, 2.75) is 6.54 Å². The minimum atomic E-state index is -0.113. The molecule has 0 radical (unpaired) electrons. The summed E-state index contributed by atoms with van der Waals surface area (Å²) < 4.78 is 2.63. The fourth-order valence-electron chi connectivity index (χ4n) is 1.31. The monoisotopic (exact) mass is 282 g/mol. The average molecular weight is 283 g/mol. The highest BCUT2D eigenvalue weighted by Gasteiger charge is 2.06. The lowest BCUT2D eigenvalue weighted by Gasteiger charge is -2.03. The number of amides is 1. The fraction of sp³-hybridized carbons (Fsp3) is 0.200. The molecule has 6 heteroatoms. The van der Waals surface area contributed by atoms with E-state index in [1.165, 1.54) is 0 Å². The zero-order valence-electron chi connectivity index (χ0n) is 8.48. The van der Waals surface area contributed by atoms with Crippen LogP contribution in [0.15, 0.2) is 35.2 Å². The number of hydrogen-bond donors (Lipinski definition) is 2. The second-order valence-electron chi connectivity index (χ2n) is 3.26. The molecule has 2 rings (SSSR count). The van der Waals surface area contributed by atoms with E-state index in [2.05, 4.69) is 31.3 Å². The lowest BCUT2D eigenvalue weighted by Crippen LogP contribution is -2.27. The predicted octanol–water partition coefficient (Wildman–Crippen LogP) is 1.40. The van der Waals surface area contributed by atoms with Crippen LogP contribution in [0.4, 0.5) is 0 Å². The van der Waals surface area contributed by atoms with Gasteiger partial charge in [0.25, 0.3) is 5.91 Å². The van der Waals surface area contributed by atoms with E-state index in [1.54, 1.807) is 23.1 Å². The van der Waals surface area contributed by atoms with E-state index in [0.717, 1.165) is 4.47 Å². The molecule has 2 aromatic heterocycles.